The molecule has 5 rings (SSSR count). The summed E-state index contributed by atoms with van der Waals surface area (Å²) in [6.07, 6.45) is 7.43. The summed E-state index contributed by atoms with van der Waals surface area (Å²) in [5.41, 5.74) is 2.07. The van der Waals surface area contributed by atoms with Gasteiger partial charge in [0.25, 0.3) is 5.91 Å². The van der Waals surface area contributed by atoms with Crippen LogP contribution in [-0.4, -0.2) is 62.1 Å². The molecular weight excluding hydrogens is 484 g/mol. The maximum atomic E-state index is 13.5. The van der Waals surface area contributed by atoms with Crippen molar-refractivity contribution in [3.8, 4) is 0 Å². The maximum absolute atomic E-state index is 13.5. The van der Waals surface area contributed by atoms with Gasteiger partial charge in [-0.15, -0.1) is 0 Å². The first-order valence-electron chi connectivity index (χ1n) is 11.4. The summed E-state index contributed by atoms with van der Waals surface area (Å²) in [5.74, 6) is -0.108. The Balaban J connectivity index is 1.38. The molecule has 0 radical (unpaired) electrons. The van der Waals surface area contributed by atoms with E-state index in [1.165, 1.54) is 24.8 Å². The van der Waals surface area contributed by atoms with Gasteiger partial charge in [-0.1, -0.05) is 11.6 Å². The molecule has 0 spiro atoms. The average Bonchev–Trinajstić information content (AvgIpc) is 3.35. The van der Waals surface area contributed by atoms with Crippen LogP contribution in [0.15, 0.2) is 55.2 Å². The van der Waals surface area contributed by atoms with Gasteiger partial charge in [-0.05, 0) is 43.2 Å². The van der Waals surface area contributed by atoms with Crippen molar-refractivity contribution in [1.82, 2.24) is 19.9 Å². The molecule has 0 aliphatic carbocycles. The molecule has 1 aromatic carbocycles. The molecule has 2 atom stereocenters. The van der Waals surface area contributed by atoms with Gasteiger partial charge in [-0.25, -0.2) is 9.97 Å². The van der Waals surface area contributed by atoms with Gasteiger partial charge >= 0.3 is 0 Å². The fraction of sp³-hybridized carbons (Fsp3) is 0.240. The Morgan fingerprint density at radius 1 is 1.14 bits per heavy atom. The third kappa shape index (κ3) is 4.92. The Hall–Kier alpha value is -3.86. The molecule has 0 saturated carbocycles. The number of fused-ring (bicyclic) bond motifs is 1. The highest BCUT2D eigenvalue weighted by Gasteiger charge is 2.25. The Bertz CT molecular complexity index is 1400. The molecule has 10 nitrogen and oxygen atoms in total. The normalized spacial score (nSPS) is 17.6. The second-order valence-corrected chi connectivity index (χ2v) is 8.83. The van der Waals surface area contributed by atoms with Crippen LogP contribution in [0, 0.1) is 0 Å². The Morgan fingerprint density at radius 2 is 1.97 bits per heavy atom. The van der Waals surface area contributed by atoms with Gasteiger partial charge in [0.2, 0.25) is 0 Å². The highest BCUT2D eigenvalue weighted by molar-refractivity contribution is 6.36. The fourth-order valence-electron chi connectivity index (χ4n) is 4.14. The van der Waals surface area contributed by atoms with Crippen molar-refractivity contribution in [1.29, 1.82) is 0 Å². The van der Waals surface area contributed by atoms with Crippen molar-refractivity contribution in [3.63, 3.8) is 0 Å². The molecule has 36 heavy (non-hydrogen) atoms. The third-order valence-electron chi connectivity index (χ3n) is 6.04. The summed E-state index contributed by atoms with van der Waals surface area (Å²) in [7, 11) is 0. The number of halogens is 1. The lowest BCUT2D eigenvalue weighted by atomic mass is 10.0. The van der Waals surface area contributed by atoms with Crippen LogP contribution in [0.25, 0.3) is 11.0 Å². The number of nitrogens with zero attached hydrogens (tertiary/aromatic N) is 3. The Morgan fingerprint density at radius 3 is 2.69 bits per heavy atom. The zero-order valence-electron chi connectivity index (χ0n) is 19.1. The minimum absolute atomic E-state index is 0.00605. The first-order valence-corrected chi connectivity index (χ1v) is 11.8. The number of ether oxygens (including phenoxy) is 1. The number of aromatic amines is 1. The van der Waals surface area contributed by atoms with Gasteiger partial charge in [-0.3, -0.25) is 14.6 Å². The number of pyridine rings is 1. The SMILES string of the molecule is O=C(Nc1ccc(C(=O)c2c[nH]c3ncnc(NC4CCC(CO)OC4)c23)c(Cl)c1)c1ccncc1. The van der Waals surface area contributed by atoms with Crippen molar-refractivity contribution in [2.75, 3.05) is 23.8 Å². The zero-order chi connectivity index (χ0) is 25.1. The maximum Gasteiger partial charge on any atom is 0.255 e. The van der Waals surface area contributed by atoms with E-state index in [9.17, 15) is 14.7 Å². The van der Waals surface area contributed by atoms with Gasteiger partial charge in [0, 0.05) is 35.4 Å². The first-order chi connectivity index (χ1) is 17.5. The molecular formula is C25H23ClN6O4. The summed E-state index contributed by atoms with van der Waals surface area (Å²) < 4.78 is 5.65. The van der Waals surface area contributed by atoms with E-state index in [2.05, 4.69) is 30.6 Å². The van der Waals surface area contributed by atoms with Gasteiger partial charge < -0.3 is 25.5 Å². The molecule has 3 aromatic heterocycles. The lowest BCUT2D eigenvalue weighted by molar-refractivity contribution is -0.0224. The summed E-state index contributed by atoms with van der Waals surface area (Å²) in [6, 6.07) is 7.92. The molecule has 2 unspecified atom stereocenters. The Labute approximate surface area is 211 Å². The number of aliphatic hydroxyl groups is 1. The van der Waals surface area contributed by atoms with Crippen LogP contribution in [0.5, 0.6) is 0 Å². The number of H-pyrrole nitrogens is 1. The number of carbonyl (C=O) groups excluding carboxylic acids is 2. The van der Waals surface area contributed by atoms with Gasteiger partial charge in [0.15, 0.2) is 5.78 Å². The number of nitrogens with one attached hydrogen (secondary N) is 3. The van der Waals surface area contributed by atoms with Crippen molar-refractivity contribution in [3.05, 3.63) is 77.0 Å². The number of hydrogen-bond donors (Lipinski definition) is 4. The molecule has 1 amide bonds. The number of aromatic nitrogens is 4. The van der Waals surface area contributed by atoms with Crippen LogP contribution in [0.3, 0.4) is 0 Å². The summed E-state index contributed by atoms with van der Waals surface area (Å²) >= 11 is 6.47. The average molecular weight is 507 g/mol. The topological polar surface area (TPSA) is 142 Å². The molecule has 0 bridgehead atoms. The highest BCUT2D eigenvalue weighted by Crippen LogP contribution is 2.30. The van der Waals surface area contributed by atoms with Gasteiger partial charge in [-0.2, -0.15) is 0 Å². The molecule has 4 aromatic rings. The Kier molecular flexibility index (Phi) is 6.90. The molecule has 1 fully saturated rings. The number of benzene rings is 1. The van der Waals surface area contributed by atoms with E-state index in [0.29, 0.717) is 40.3 Å². The second kappa shape index (κ2) is 10.4. The van der Waals surface area contributed by atoms with E-state index in [4.69, 9.17) is 16.3 Å². The van der Waals surface area contributed by atoms with Crippen molar-refractivity contribution >= 4 is 45.8 Å². The van der Waals surface area contributed by atoms with Gasteiger partial charge in [0.05, 0.1) is 41.3 Å². The lowest BCUT2D eigenvalue weighted by Crippen LogP contribution is -2.36. The second-order valence-electron chi connectivity index (χ2n) is 8.42. The number of anilines is 2. The standard InChI is InChI=1S/C25H23ClN6O4/c26-20-9-15(32-25(35)14-5-7-27-8-6-14)2-4-18(20)22(34)19-10-28-23-21(19)24(30-13-29-23)31-16-1-3-17(11-33)36-12-16/h2,4-10,13,16-17,33H,1,3,11-12H2,(H,32,35)(H2,28,29,30,31). The molecule has 1 saturated heterocycles. The first kappa shape index (κ1) is 23.9. The fourth-order valence-corrected chi connectivity index (χ4v) is 4.40. The van der Waals surface area contributed by atoms with Crippen molar-refractivity contribution in [2.24, 2.45) is 0 Å². The number of carbonyl (C=O) groups is 2. The summed E-state index contributed by atoms with van der Waals surface area (Å²) in [5, 5.41) is 16.1. The highest BCUT2D eigenvalue weighted by atomic mass is 35.5. The largest absolute Gasteiger partial charge is 0.394 e. The number of hydrogen-bond acceptors (Lipinski definition) is 8. The zero-order valence-corrected chi connectivity index (χ0v) is 19.8. The van der Waals surface area contributed by atoms with E-state index in [1.807, 2.05) is 0 Å². The molecule has 184 valence electrons. The van der Waals surface area contributed by atoms with Crippen LogP contribution in [0.1, 0.15) is 39.1 Å². The van der Waals surface area contributed by atoms with Crippen LogP contribution < -0.4 is 10.6 Å². The predicted octanol–water partition coefficient (Wildman–Crippen LogP) is 3.44. The molecule has 4 N–H and O–H groups in total. The van der Waals surface area contributed by atoms with Crippen molar-refractivity contribution < 1.29 is 19.4 Å². The molecule has 11 heteroatoms. The van der Waals surface area contributed by atoms with E-state index < -0.39 is 0 Å². The minimum Gasteiger partial charge on any atom is -0.394 e. The molecule has 4 heterocycles. The number of ketones is 1. The summed E-state index contributed by atoms with van der Waals surface area (Å²) in [6.45, 7) is 0.414. The quantitative estimate of drug-likeness (QED) is 0.279. The van der Waals surface area contributed by atoms with Crippen LogP contribution >= 0.6 is 11.6 Å². The smallest absolute Gasteiger partial charge is 0.255 e. The summed E-state index contributed by atoms with van der Waals surface area (Å²) in [4.78, 5) is 41.4. The number of amides is 1. The van der Waals surface area contributed by atoms with E-state index in [-0.39, 0.29) is 41.0 Å². The van der Waals surface area contributed by atoms with Crippen LogP contribution in [0.4, 0.5) is 11.5 Å². The molecule has 1 aliphatic heterocycles. The number of rotatable bonds is 7. The lowest BCUT2D eigenvalue weighted by Gasteiger charge is -2.29. The monoisotopic (exact) mass is 506 g/mol. The van der Waals surface area contributed by atoms with Crippen molar-refractivity contribution in [2.45, 2.75) is 25.0 Å². The minimum atomic E-state index is -0.311. The van der Waals surface area contributed by atoms with Crippen LogP contribution in [-0.2, 0) is 4.74 Å². The molecule has 1 aliphatic rings. The predicted molar refractivity (Wildman–Crippen MR) is 134 cm³/mol. The third-order valence-corrected chi connectivity index (χ3v) is 6.36. The number of aliphatic hydroxyl groups excluding tert-OH is 1. The van der Waals surface area contributed by atoms with E-state index >= 15 is 0 Å². The van der Waals surface area contributed by atoms with E-state index in [1.54, 1.807) is 30.5 Å². The van der Waals surface area contributed by atoms with Gasteiger partial charge in [0.1, 0.15) is 17.8 Å². The van der Waals surface area contributed by atoms with Crippen LogP contribution in [0.2, 0.25) is 5.02 Å². The van der Waals surface area contributed by atoms with E-state index in [0.717, 1.165) is 12.8 Å².